The zero-order chi connectivity index (χ0) is 10.4. The van der Waals surface area contributed by atoms with Crippen LogP contribution < -0.4 is 5.32 Å². The molecule has 14 heavy (non-hydrogen) atoms. The van der Waals surface area contributed by atoms with E-state index < -0.39 is 0 Å². The number of nitrogens with one attached hydrogen (secondary N) is 1. The maximum Gasteiger partial charge on any atom is 0.239 e. The molecule has 1 aliphatic heterocycles. The molecule has 1 N–H and O–H groups in total. The molecule has 0 aromatic carbocycles. The third-order valence-corrected chi connectivity index (χ3v) is 2.83. The van der Waals surface area contributed by atoms with E-state index >= 15 is 0 Å². The predicted octanol–water partition coefficient (Wildman–Crippen LogP) is 1.39. The van der Waals surface area contributed by atoms with Crippen LogP contribution in [0.15, 0.2) is 0 Å². The Morgan fingerprint density at radius 1 is 1.50 bits per heavy atom. The quantitative estimate of drug-likeness (QED) is 0.724. The van der Waals surface area contributed by atoms with Crippen LogP contribution in [0.2, 0.25) is 0 Å². The molecule has 1 amide bonds. The lowest BCUT2D eigenvalue weighted by atomic mass is 10.2. The second kappa shape index (κ2) is 6.02. The van der Waals surface area contributed by atoms with E-state index in [1.165, 1.54) is 0 Å². The number of amides is 1. The molecule has 1 rings (SSSR count). The van der Waals surface area contributed by atoms with Crippen molar-refractivity contribution in [2.45, 2.75) is 45.6 Å². The number of nitrogens with zero attached hydrogens (tertiary/aromatic N) is 1. The van der Waals surface area contributed by atoms with Gasteiger partial charge in [0.25, 0.3) is 0 Å². The van der Waals surface area contributed by atoms with Crippen LogP contribution in [0.1, 0.15) is 39.5 Å². The van der Waals surface area contributed by atoms with Crippen molar-refractivity contribution in [3.05, 3.63) is 0 Å². The molecular weight excluding hydrogens is 176 g/mol. The van der Waals surface area contributed by atoms with E-state index in [0.717, 1.165) is 45.3 Å². The van der Waals surface area contributed by atoms with Gasteiger partial charge in [0.05, 0.1) is 6.04 Å². The Morgan fingerprint density at radius 3 is 2.79 bits per heavy atom. The van der Waals surface area contributed by atoms with Gasteiger partial charge >= 0.3 is 0 Å². The fourth-order valence-corrected chi connectivity index (χ4v) is 1.89. The first-order valence-corrected chi connectivity index (χ1v) is 5.81. The normalized spacial score (nSPS) is 21.1. The molecule has 1 heterocycles. The Bertz CT molecular complexity index is 176. The number of rotatable bonds is 5. The van der Waals surface area contributed by atoms with Gasteiger partial charge in [-0.15, -0.1) is 0 Å². The summed E-state index contributed by atoms with van der Waals surface area (Å²) in [5.74, 6) is 0.304. The zero-order valence-electron chi connectivity index (χ0n) is 9.38. The summed E-state index contributed by atoms with van der Waals surface area (Å²) in [6.07, 6.45) is 4.43. The summed E-state index contributed by atoms with van der Waals surface area (Å²) in [4.78, 5) is 13.9. The fourth-order valence-electron chi connectivity index (χ4n) is 1.89. The highest BCUT2D eigenvalue weighted by Crippen LogP contribution is 2.09. The van der Waals surface area contributed by atoms with Crippen LogP contribution in [0.4, 0.5) is 0 Å². The Balaban J connectivity index is 2.37. The predicted molar refractivity (Wildman–Crippen MR) is 58.2 cm³/mol. The third kappa shape index (κ3) is 2.98. The number of carbonyl (C=O) groups excluding carboxylic acids is 1. The first kappa shape index (κ1) is 11.5. The molecule has 0 aromatic rings. The molecule has 1 saturated heterocycles. The Labute approximate surface area is 86.9 Å². The summed E-state index contributed by atoms with van der Waals surface area (Å²) < 4.78 is 0. The van der Waals surface area contributed by atoms with Crippen molar-refractivity contribution in [2.75, 3.05) is 19.6 Å². The van der Waals surface area contributed by atoms with Gasteiger partial charge in [-0.3, -0.25) is 4.79 Å². The van der Waals surface area contributed by atoms with E-state index in [9.17, 15) is 4.79 Å². The zero-order valence-corrected chi connectivity index (χ0v) is 9.38. The van der Waals surface area contributed by atoms with Crippen LogP contribution in [0.25, 0.3) is 0 Å². The minimum Gasteiger partial charge on any atom is -0.342 e. The summed E-state index contributed by atoms with van der Waals surface area (Å²) in [7, 11) is 0. The Kier molecular flexibility index (Phi) is 4.94. The molecule has 1 atom stereocenters. The molecular formula is C11H22N2O. The maximum absolute atomic E-state index is 11.9. The maximum atomic E-state index is 11.9. The number of likely N-dealkylation sites (N-methyl/N-ethyl adjacent to an activating group) is 1. The Hall–Kier alpha value is -0.570. The number of carbonyl (C=O) groups is 1. The lowest BCUT2D eigenvalue weighted by Crippen LogP contribution is -2.43. The molecule has 0 radical (unpaired) electrons. The van der Waals surface area contributed by atoms with Crippen molar-refractivity contribution in [3.63, 3.8) is 0 Å². The van der Waals surface area contributed by atoms with Crippen molar-refractivity contribution in [3.8, 4) is 0 Å². The van der Waals surface area contributed by atoms with Gasteiger partial charge in [0.1, 0.15) is 0 Å². The first-order valence-electron chi connectivity index (χ1n) is 5.81. The highest BCUT2D eigenvalue weighted by atomic mass is 16.2. The number of hydrogen-bond donors (Lipinski definition) is 1. The second-order valence-corrected chi connectivity index (χ2v) is 3.92. The monoisotopic (exact) mass is 198 g/mol. The van der Waals surface area contributed by atoms with Crippen LogP contribution >= 0.6 is 0 Å². The number of unbranched alkanes of at least 4 members (excludes halogenated alkanes) is 1. The smallest absolute Gasteiger partial charge is 0.239 e. The van der Waals surface area contributed by atoms with Crippen molar-refractivity contribution in [1.82, 2.24) is 10.2 Å². The van der Waals surface area contributed by atoms with E-state index in [1.54, 1.807) is 0 Å². The van der Waals surface area contributed by atoms with Gasteiger partial charge in [0.15, 0.2) is 0 Å². The third-order valence-electron chi connectivity index (χ3n) is 2.83. The summed E-state index contributed by atoms with van der Waals surface area (Å²) in [5, 5.41) is 3.26. The molecule has 82 valence electrons. The van der Waals surface area contributed by atoms with E-state index in [1.807, 2.05) is 4.90 Å². The summed E-state index contributed by atoms with van der Waals surface area (Å²) in [5.41, 5.74) is 0. The van der Waals surface area contributed by atoms with Gasteiger partial charge in [-0.05, 0) is 32.7 Å². The SMILES string of the molecule is CCCCN(CC)C(=O)[C@H]1CCCN1. The van der Waals surface area contributed by atoms with Crippen molar-refractivity contribution in [1.29, 1.82) is 0 Å². The molecule has 0 aromatic heterocycles. The standard InChI is InChI=1S/C11H22N2O/c1-3-5-9-13(4-2)11(14)10-7-6-8-12-10/h10,12H,3-9H2,1-2H3/t10-/m1/s1. The molecule has 0 unspecified atom stereocenters. The van der Waals surface area contributed by atoms with Crippen molar-refractivity contribution < 1.29 is 4.79 Å². The highest BCUT2D eigenvalue weighted by Gasteiger charge is 2.25. The van der Waals surface area contributed by atoms with Crippen LogP contribution in [0.3, 0.4) is 0 Å². The van der Waals surface area contributed by atoms with Crippen LogP contribution in [0.5, 0.6) is 0 Å². The van der Waals surface area contributed by atoms with E-state index in [4.69, 9.17) is 0 Å². The summed E-state index contributed by atoms with van der Waals surface area (Å²) >= 11 is 0. The van der Waals surface area contributed by atoms with Gasteiger partial charge in [0, 0.05) is 13.1 Å². The molecule has 3 nitrogen and oxygen atoms in total. The van der Waals surface area contributed by atoms with Crippen molar-refractivity contribution in [2.24, 2.45) is 0 Å². The van der Waals surface area contributed by atoms with Crippen molar-refractivity contribution >= 4 is 5.91 Å². The van der Waals surface area contributed by atoms with Crippen LogP contribution in [-0.4, -0.2) is 36.5 Å². The minimum atomic E-state index is 0.104. The lowest BCUT2D eigenvalue weighted by molar-refractivity contribution is -0.132. The molecule has 1 fully saturated rings. The van der Waals surface area contributed by atoms with Gasteiger partial charge in [-0.25, -0.2) is 0 Å². The average Bonchev–Trinajstić information content (AvgIpc) is 2.71. The second-order valence-electron chi connectivity index (χ2n) is 3.92. The first-order chi connectivity index (χ1) is 6.79. The fraction of sp³-hybridized carbons (Fsp3) is 0.909. The highest BCUT2D eigenvalue weighted by molar-refractivity contribution is 5.82. The van der Waals surface area contributed by atoms with E-state index in [0.29, 0.717) is 5.91 Å². The van der Waals surface area contributed by atoms with E-state index in [-0.39, 0.29) is 6.04 Å². The molecule has 0 aliphatic carbocycles. The number of hydrogen-bond acceptors (Lipinski definition) is 2. The largest absolute Gasteiger partial charge is 0.342 e. The van der Waals surface area contributed by atoms with Gasteiger partial charge in [0.2, 0.25) is 5.91 Å². The topological polar surface area (TPSA) is 32.3 Å². The molecule has 0 bridgehead atoms. The lowest BCUT2D eigenvalue weighted by Gasteiger charge is -2.24. The summed E-state index contributed by atoms with van der Waals surface area (Å²) in [6.45, 7) is 6.98. The molecule has 0 spiro atoms. The van der Waals surface area contributed by atoms with E-state index in [2.05, 4.69) is 19.2 Å². The van der Waals surface area contributed by atoms with Crippen LogP contribution in [-0.2, 0) is 4.79 Å². The van der Waals surface area contributed by atoms with Gasteiger partial charge < -0.3 is 10.2 Å². The van der Waals surface area contributed by atoms with Gasteiger partial charge in [-0.2, -0.15) is 0 Å². The molecule has 0 saturated carbocycles. The minimum absolute atomic E-state index is 0.104. The average molecular weight is 198 g/mol. The molecule has 1 aliphatic rings. The molecule has 3 heteroatoms. The van der Waals surface area contributed by atoms with Gasteiger partial charge in [-0.1, -0.05) is 13.3 Å². The van der Waals surface area contributed by atoms with Crippen LogP contribution in [0, 0.1) is 0 Å². The summed E-state index contributed by atoms with van der Waals surface area (Å²) in [6, 6.07) is 0.104. The Morgan fingerprint density at radius 2 is 2.29 bits per heavy atom.